The molecule has 0 aromatic heterocycles. The van der Waals surface area contributed by atoms with Gasteiger partial charge in [0, 0.05) is 52.0 Å². The number of rotatable bonds is 4. The fraction of sp³-hybridized carbons (Fsp3) is 1.00. The third-order valence-electron chi connectivity index (χ3n) is 6.18. The molecule has 0 radical (unpaired) electrons. The second-order valence-corrected chi connectivity index (χ2v) is 7.88. The second-order valence-electron chi connectivity index (χ2n) is 7.88. The van der Waals surface area contributed by atoms with Gasteiger partial charge in [0.05, 0.1) is 11.7 Å². The van der Waals surface area contributed by atoms with Crippen molar-refractivity contribution in [1.82, 2.24) is 4.90 Å². The van der Waals surface area contributed by atoms with Gasteiger partial charge in [0.25, 0.3) is 0 Å². The van der Waals surface area contributed by atoms with Crippen molar-refractivity contribution in [2.45, 2.75) is 69.1 Å². The number of likely N-dealkylation sites (tertiary alicyclic amines) is 1. The van der Waals surface area contributed by atoms with Crippen molar-refractivity contribution in [1.29, 1.82) is 0 Å². The zero-order chi connectivity index (χ0) is 14.8. The summed E-state index contributed by atoms with van der Waals surface area (Å²) in [5.74, 6) is 0.832. The highest BCUT2D eigenvalue weighted by Gasteiger charge is 2.49. The van der Waals surface area contributed by atoms with Crippen LogP contribution in [0.5, 0.6) is 0 Å². The lowest BCUT2D eigenvalue weighted by atomic mass is 9.82. The molecule has 4 fully saturated rings. The van der Waals surface area contributed by atoms with Gasteiger partial charge in [0.2, 0.25) is 0 Å². The average Bonchev–Trinajstić information content (AvgIpc) is 3.05. The van der Waals surface area contributed by atoms with Gasteiger partial charge in [0.15, 0.2) is 0 Å². The van der Waals surface area contributed by atoms with Crippen LogP contribution in [-0.4, -0.2) is 62.2 Å². The summed E-state index contributed by atoms with van der Waals surface area (Å²) in [6.45, 7) is 5.97. The molecule has 1 saturated carbocycles. The Hall–Kier alpha value is -0.160. The highest BCUT2D eigenvalue weighted by molar-refractivity contribution is 5.03. The van der Waals surface area contributed by atoms with Crippen LogP contribution in [0.3, 0.4) is 0 Å². The number of hydrogen-bond acceptors (Lipinski definition) is 4. The van der Waals surface area contributed by atoms with Crippen molar-refractivity contribution >= 4 is 0 Å². The summed E-state index contributed by atoms with van der Waals surface area (Å²) < 4.78 is 17.9. The van der Waals surface area contributed by atoms with Crippen molar-refractivity contribution in [2.24, 2.45) is 5.92 Å². The van der Waals surface area contributed by atoms with Crippen LogP contribution in [0.2, 0.25) is 0 Å². The van der Waals surface area contributed by atoms with E-state index in [2.05, 4.69) is 4.90 Å². The van der Waals surface area contributed by atoms with E-state index in [0.717, 1.165) is 64.3 Å². The Labute approximate surface area is 134 Å². The predicted molar refractivity (Wildman–Crippen MR) is 85.0 cm³/mol. The SMILES string of the molecule is C1CCC(COC2CCOC3(C2)CN(C2CCOCC2)C3)C1. The molecule has 4 aliphatic rings. The molecular formula is C18H31NO3. The molecule has 1 atom stereocenters. The smallest absolute Gasteiger partial charge is 0.0959 e. The molecule has 3 saturated heterocycles. The van der Waals surface area contributed by atoms with E-state index in [1.165, 1.54) is 38.5 Å². The minimum absolute atomic E-state index is 0.108. The standard InChI is InChI=1S/C18H31NO3/c1-2-4-15(3-1)12-21-17-7-10-22-18(11-17)13-19(14-18)16-5-8-20-9-6-16/h15-17H,1-14H2. The quantitative estimate of drug-likeness (QED) is 0.799. The molecule has 0 bridgehead atoms. The summed E-state index contributed by atoms with van der Waals surface area (Å²) in [5.41, 5.74) is 0.108. The van der Waals surface area contributed by atoms with Crippen LogP contribution in [0.4, 0.5) is 0 Å². The average molecular weight is 309 g/mol. The molecule has 0 aromatic carbocycles. The van der Waals surface area contributed by atoms with E-state index in [4.69, 9.17) is 14.2 Å². The monoisotopic (exact) mass is 309 g/mol. The maximum absolute atomic E-state index is 6.26. The van der Waals surface area contributed by atoms with E-state index >= 15 is 0 Å². The van der Waals surface area contributed by atoms with Gasteiger partial charge in [-0.2, -0.15) is 0 Å². The Morgan fingerprint density at radius 3 is 2.50 bits per heavy atom. The Kier molecular flexibility index (Phi) is 4.72. The van der Waals surface area contributed by atoms with Gasteiger partial charge in [-0.05, 0) is 38.0 Å². The molecule has 3 aliphatic heterocycles. The van der Waals surface area contributed by atoms with Crippen molar-refractivity contribution < 1.29 is 14.2 Å². The van der Waals surface area contributed by atoms with E-state index < -0.39 is 0 Å². The van der Waals surface area contributed by atoms with Crippen molar-refractivity contribution in [3.05, 3.63) is 0 Å². The number of ether oxygens (including phenoxy) is 3. The normalized spacial score (nSPS) is 34.1. The lowest BCUT2D eigenvalue weighted by molar-refractivity contribution is -0.210. The highest BCUT2D eigenvalue weighted by Crippen LogP contribution is 2.38. The van der Waals surface area contributed by atoms with E-state index in [1.54, 1.807) is 0 Å². The minimum atomic E-state index is 0.108. The van der Waals surface area contributed by atoms with Gasteiger partial charge < -0.3 is 14.2 Å². The lowest BCUT2D eigenvalue weighted by Gasteiger charge is -2.56. The van der Waals surface area contributed by atoms with Crippen molar-refractivity contribution in [2.75, 3.05) is 39.5 Å². The first kappa shape index (κ1) is 15.4. The largest absolute Gasteiger partial charge is 0.381 e. The lowest BCUT2D eigenvalue weighted by Crippen LogP contribution is -2.68. The van der Waals surface area contributed by atoms with Gasteiger partial charge in [-0.3, -0.25) is 4.90 Å². The molecule has 4 nitrogen and oxygen atoms in total. The van der Waals surface area contributed by atoms with Gasteiger partial charge in [0.1, 0.15) is 0 Å². The predicted octanol–water partition coefficient (Wildman–Crippen LogP) is 2.61. The second kappa shape index (κ2) is 6.76. The fourth-order valence-corrected chi connectivity index (χ4v) is 4.80. The van der Waals surface area contributed by atoms with E-state index in [0.29, 0.717) is 6.10 Å². The van der Waals surface area contributed by atoms with E-state index in [-0.39, 0.29) is 5.60 Å². The van der Waals surface area contributed by atoms with Crippen molar-refractivity contribution in [3.63, 3.8) is 0 Å². The van der Waals surface area contributed by atoms with Gasteiger partial charge >= 0.3 is 0 Å². The van der Waals surface area contributed by atoms with Crippen LogP contribution in [0.15, 0.2) is 0 Å². The molecule has 0 amide bonds. The van der Waals surface area contributed by atoms with Crippen LogP contribution < -0.4 is 0 Å². The van der Waals surface area contributed by atoms with Crippen LogP contribution in [0, 0.1) is 5.92 Å². The minimum Gasteiger partial charge on any atom is -0.381 e. The molecule has 3 heterocycles. The molecule has 126 valence electrons. The van der Waals surface area contributed by atoms with E-state index in [9.17, 15) is 0 Å². The summed E-state index contributed by atoms with van der Waals surface area (Å²) in [7, 11) is 0. The van der Waals surface area contributed by atoms with Crippen LogP contribution in [-0.2, 0) is 14.2 Å². The van der Waals surface area contributed by atoms with Gasteiger partial charge in [-0.1, -0.05) is 12.8 Å². The van der Waals surface area contributed by atoms with Crippen LogP contribution in [0.25, 0.3) is 0 Å². The topological polar surface area (TPSA) is 30.9 Å². The van der Waals surface area contributed by atoms with Crippen LogP contribution in [0.1, 0.15) is 51.4 Å². The van der Waals surface area contributed by atoms with Crippen LogP contribution >= 0.6 is 0 Å². The molecule has 4 heteroatoms. The summed E-state index contributed by atoms with van der Waals surface area (Å²) in [4.78, 5) is 2.61. The van der Waals surface area contributed by atoms with Gasteiger partial charge in [-0.15, -0.1) is 0 Å². The molecule has 22 heavy (non-hydrogen) atoms. The third-order valence-corrected chi connectivity index (χ3v) is 6.18. The summed E-state index contributed by atoms with van der Waals surface area (Å²) in [6, 6.07) is 0.725. The first-order valence-electron chi connectivity index (χ1n) is 9.40. The summed E-state index contributed by atoms with van der Waals surface area (Å²) >= 11 is 0. The molecule has 0 N–H and O–H groups in total. The first-order valence-corrected chi connectivity index (χ1v) is 9.40. The maximum atomic E-state index is 6.26. The molecule has 1 unspecified atom stereocenters. The Balaban J connectivity index is 1.23. The van der Waals surface area contributed by atoms with Gasteiger partial charge in [-0.25, -0.2) is 0 Å². The molecule has 1 spiro atoms. The molecule has 1 aliphatic carbocycles. The number of nitrogens with zero attached hydrogens (tertiary/aromatic N) is 1. The Morgan fingerprint density at radius 1 is 0.955 bits per heavy atom. The highest BCUT2D eigenvalue weighted by atomic mass is 16.5. The summed E-state index contributed by atoms with van der Waals surface area (Å²) in [5, 5.41) is 0. The Morgan fingerprint density at radius 2 is 1.73 bits per heavy atom. The van der Waals surface area contributed by atoms with Crippen molar-refractivity contribution in [3.8, 4) is 0 Å². The van der Waals surface area contributed by atoms with E-state index in [1.807, 2.05) is 0 Å². The zero-order valence-electron chi connectivity index (χ0n) is 13.8. The Bertz CT molecular complexity index is 357. The first-order chi connectivity index (χ1) is 10.8. The number of hydrogen-bond donors (Lipinski definition) is 0. The molecule has 4 rings (SSSR count). The fourth-order valence-electron chi connectivity index (χ4n) is 4.80. The zero-order valence-corrected chi connectivity index (χ0v) is 13.8. The molecule has 0 aromatic rings. The third kappa shape index (κ3) is 3.35. The summed E-state index contributed by atoms with van der Waals surface area (Å²) in [6.07, 6.45) is 10.6. The maximum Gasteiger partial charge on any atom is 0.0959 e. The molecular weight excluding hydrogens is 278 g/mol.